The summed E-state index contributed by atoms with van der Waals surface area (Å²) in [4.78, 5) is 4.45. The number of nitrogens with two attached hydrogens (primary N) is 1. The fraction of sp³-hybridized carbons (Fsp3) is 0.0500. The molecule has 0 aliphatic rings. The third-order valence-corrected chi connectivity index (χ3v) is 4.11. The molecule has 4 nitrogen and oxygen atoms in total. The maximum atomic E-state index is 6.19. The van der Waals surface area contributed by atoms with Gasteiger partial charge in [0.2, 0.25) is 5.95 Å². The monoisotopic (exact) mass is 315 g/mol. The van der Waals surface area contributed by atoms with Crippen LogP contribution in [0.5, 0.6) is 5.75 Å². The van der Waals surface area contributed by atoms with Gasteiger partial charge in [-0.3, -0.25) is 4.57 Å². The van der Waals surface area contributed by atoms with E-state index < -0.39 is 0 Å². The number of hydrogen-bond donors (Lipinski definition) is 1. The Morgan fingerprint density at radius 2 is 1.62 bits per heavy atom. The normalized spacial score (nSPS) is 10.9. The molecular weight excluding hydrogens is 298 g/mol. The lowest BCUT2D eigenvalue weighted by Gasteiger charge is -2.14. The van der Waals surface area contributed by atoms with Crippen LogP contribution in [0, 0.1) is 0 Å². The first-order valence-electron chi connectivity index (χ1n) is 7.75. The van der Waals surface area contributed by atoms with Gasteiger partial charge in [0.05, 0.1) is 23.8 Å². The van der Waals surface area contributed by atoms with Crippen molar-refractivity contribution in [1.29, 1.82) is 0 Å². The van der Waals surface area contributed by atoms with E-state index in [0.29, 0.717) is 5.95 Å². The van der Waals surface area contributed by atoms with Gasteiger partial charge in [-0.25, -0.2) is 4.98 Å². The van der Waals surface area contributed by atoms with Gasteiger partial charge < -0.3 is 10.5 Å². The summed E-state index contributed by atoms with van der Waals surface area (Å²) in [6, 6.07) is 24.2. The topological polar surface area (TPSA) is 53.1 Å². The quantitative estimate of drug-likeness (QED) is 0.614. The molecule has 0 fully saturated rings. The fourth-order valence-corrected chi connectivity index (χ4v) is 2.97. The second-order valence-electron chi connectivity index (χ2n) is 5.55. The first-order chi connectivity index (χ1) is 11.8. The molecule has 118 valence electrons. The van der Waals surface area contributed by atoms with Crippen molar-refractivity contribution in [2.75, 3.05) is 12.8 Å². The first-order valence-corrected chi connectivity index (χ1v) is 7.75. The highest BCUT2D eigenvalue weighted by Crippen LogP contribution is 2.33. The van der Waals surface area contributed by atoms with E-state index in [2.05, 4.69) is 23.2 Å². The van der Waals surface area contributed by atoms with Crippen molar-refractivity contribution in [3.05, 3.63) is 72.8 Å². The zero-order chi connectivity index (χ0) is 16.5. The molecule has 0 saturated carbocycles. The summed E-state index contributed by atoms with van der Waals surface area (Å²) in [6.07, 6.45) is 0. The van der Waals surface area contributed by atoms with Crippen LogP contribution in [-0.4, -0.2) is 16.7 Å². The minimum absolute atomic E-state index is 0.444. The third kappa shape index (κ3) is 2.29. The molecule has 0 aliphatic heterocycles. The smallest absolute Gasteiger partial charge is 0.206 e. The minimum atomic E-state index is 0.444. The van der Waals surface area contributed by atoms with Crippen LogP contribution in [0.25, 0.3) is 27.8 Å². The standard InChI is InChI=1S/C20H17N3O/c1-24-19-12-11-15(14-7-3-2-4-8-14)13-18(19)23-17-10-6-5-9-16(17)22-20(23)21/h2-13H,1H3,(H2,21,22). The van der Waals surface area contributed by atoms with E-state index in [9.17, 15) is 0 Å². The third-order valence-electron chi connectivity index (χ3n) is 4.11. The number of benzene rings is 3. The molecule has 0 atom stereocenters. The number of ether oxygens (including phenoxy) is 1. The Labute approximate surface area is 140 Å². The van der Waals surface area contributed by atoms with Crippen LogP contribution in [0.1, 0.15) is 0 Å². The van der Waals surface area contributed by atoms with Crippen molar-refractivity contribution < 1.29 is 4.74 Å². The van der Waals surface area contributed by atoms with Crippen molar-refractivity contribution in [2.45, 2.75) is 0 Å². The Balaban J connectivity index is 1.98. The largest absolute Gasteiger partial charge is 0.495 e. The molecule has 0 amide bonds. The number of aromatic nitrogens is 2. The number of rotatable bonds is 3. The van der Waals surface area contributed by atoms with Crippen molar-refractivity contribution >= 4 is 17.0 Å². The number of fused-ring (bicyclic) bond motifs is 1. The molecule has 3 aromatic carbocycles. The van der Waals surface area contributed by atoms with Gasteiger partial charge >= 0.3 is 0 Å². The number of nitrogen functional groups attached to an aromatic ring is 1. The van der Waals surface area contributed by atoms with Gasteiger partial charge in [-0.05, 0) is 35.4 Å². The molecule has 0 aliphatic carbocycles. The second-order valence-corrected chi connectivity index (χ2v) is 5.55. The van der Waals surface area contributed by atoms with Gasteiger partial charge in [0.1, 0.15) is 5.75 Å². The van der Waals surface area contributed by atoms with E-state index in [1.807, 2.05) is 59.2 Å². The van der Waals surface area contributed by atoms with Crippen LogP contribution in [0.4, 0.5) is 5.95 Å². The summed E-state index contributed by atoms with van der Waals surface area (Å²) >= 11 is 0. The molecule has 2 N–H and O–H groups in total. The highest BCUT2D eigenvalue weighted by Gasteiger charge is 2.14. The number of imidazole rings is 1. The molecule has 0 saturated heterocycles. The van der Waals surface area contributed by atoms with Crippen LogP contribution in [0.2, 0.25) is 0 Å². The van der Waals surface area contributed by atoms with Crippen molar-refractivity contribution in [2.24, 2.45) is 0 Å². The molecule has 1 heterocycles. The lowest BCUT2D eigenvalue weighted by molar-refractivity contribution is 0.413. The van der Waals surface area contributed by atoms with Crippen LogP contribution >= 0.6 is 0 Å². The van der Waals surface area contributed by atoms with E-state index >= 15 is 0 Å². The Bertz CT molecular complexity index is 1010. The number of anilines is 1. The maximum Gasteiger partial charge on any atom is 0.206 e. The average molecular weight is 315 g/mol. The van der Waals surface area contributed by atoms with Crippen LogP contribution in [-0.2, 0) is 0 Å². The van der Waals surface area contributed by atoms with E-state index in [4.69, 9.17) is 10.5 Å². The fourth-order valence-electron chi connectivity index (χ4n) is 2.97. The van der Waals surface area contributed by atoms with Gasteiger partial charge in [0, 0.05) is 0 Å². The molecule has 24 heavy (non-hydrogen) atoms. The second kappa shape index (κ2) is 5.74. The number of methoxy groups -OCH3 is 1. The zero-order valence-electron chi connectivity index (χ0n) is 13.3. The SMILES string of the molecule is COc1ccc(-c2ccccc2)cc1-n1c(N)nc2ccccc21. The highest BCUT2D eigenvalue weighted by molar-refractivity contribution is 5.82. The van der Waals surface area contributed by atoms with E-state index in [-0.39, 0.29) is 0 Å². The average Bonchev–Trinajstić information content (AvgIpc) is 2.97. The highest BCUT2D eigenvalue weighted by atomic mass is 16.5. The van der Waals surface area contributed by atoms with Crippen molar-refractivity contribution in [1.82, 2.24) is 9.55 Å². The van der Waals surface area contributed by atoms with Gasteiger partial charge in [-0.15, -0.1) is 0 Å². The van der Waals surface area contributed by atoms with Crippen molar-refractivity contribution in [3.8, 4) is 22.6 Å². The number of hydrogen-bond acceptors (Lipinski definition) is 3. The molecule has 0 unspecified atom stereocenters. The van der Waals surface area contributed by atoms with Crippen molar-refractivity contribution in [3.63, 3.8) is 0 Å². The summed E-state index contributed by atoms with van der Waals surface area (Å²) < 4.78 is 7.49. The molecule has 0 radical (unpaired) electrons. The first kappa shape index (κ1) is 14.3. The lowest BCUT2D eigenvalue weighted by Crippen LogP contribution is -2.03. The number of nitrogens with zero attached hydrogens (tertiary/aromatic N) is 2. The van der Waals surface area contributed by atoms with Gasteiger partial charge in [0.15, 0.2) is 0 Å². The lowest BCUT2D eigenvalue weighted by atomic mass is 10.0. The maximum absolute atomic E-state index is 6.19. The van der Waals surface area contributed by atoms with Crippen LogP contribution < -0.4 is 10.5 Å². The summed E-state index contributed by atoms with van der Waals surface area (Å²) in [5.74, 6) is 1.20. The summed E-state index contributed by atoms with van der Waals surface area (Å²) in [5.41, 5.74) is 11.1. The summed E-state index contributed by atoms with van der Waals surface area (Å²) in [5, 5.41) is 0. The van der Waals surface area contributed by atoms with Gasteiger partial charge in [-0.2, -0.15) is 0 Å². The molecule has 0 bridgehead atoms. The predicted molar refractivity (Wildman–Crippen MR) is 97.5 cm³/mol. The zero-order valence-corrected chi connectivity index (χ0v) is 13.3. The Hall–Kier alpha value is -3.27. The molecule has 4 aromatic rings. The summed E-state index contributed by atoms with van der Waals surface area (Å²) in [7, 11) is 1.66. The minimum Gasteiger partial charge on any atom is -0.495 e. The molecule has 0 spiro atoms. The van der Waals surface area contributed by atoms with Crippen LogP contribution in [0.15, 0.2) is 72.8 Å². The van der Waals surface area contributed by atoms with Crippen LogP contribution in [0.3, 0.4) is 0 Å². The number of para-hydroxylation sites is 2. The molecular formula is C20H17N3O. The van der Waals surface area contributed by atoms with Gasteiger partial charge in [-0.1, -0.05) is 48.5 Å². The van der Waals surface area contributed by atoms with E-state index in [1.54, 1.807) is 7.11 Å². The molecule has 4 heteroatoms. The summed E-state index contributed by atoms with van der Waals surface area (Å²) in [6.45, 7) is 0. The van der Waals surface area contributed by atoms with E-state index in [1.165, 1.54) is 0 Å². The van der Waals surface area contributed by atoms with Gasteiger partial charge in [0.25, 0.3) is 0 Å². The Kier molecular flexibility index (Phi) is 3.43. The van der Waals surface area contributed by atoms with E-state index in [0.717, 1.165) is 33.6 Å². The predicted octanol–water partition coefficient (Wildman–Crippen LogP) is 4.28. The molecule has 1 aromatic heterocycles. The Morgan fingerprint density at radius 1 is 0.875 bits per heavy atom. The molecule has 4 rings (SSSR count). The Morgan fingerprint density at radius 3 is 2.42 bits per heavy atom.